The van der Waals surface area contributed by atoms with Gasteiger partial charge >= 0.3 is 35.8 Å². The maximum absolute atomic E-state index is 15.1. The molecule has 5 unspecified atom stereocenters. The predicted octanol–water partition coefficient (Wildman–Crippen LogP) is 1.45. The van der Waals surface area contributed by atoms with E-state index in [1.54, 1.807) is 0 Å². The zero-order valence-corrected chi connectivity index (χ0v) is 33.5. The average molecular weight is 963 g/mol. The third kappa shape index (κ3) is 5.92. The SMILES string of the molecule is O=C1OC2C(COC(=O)c3c(cc(O)c(O)c3O)-c3c1cc(O)c(O)c3O)OC(=O)c1cc(O)c(O)c(O)c1-c1c(O)c(O)c(O)c3c1C(=O)OC2C1OC(=O)c2c-3c(O)c(O)c(O)c2C1C(=O)O. The van der Waals surface area contributed by atoms with Gasteiger partial charge in [0.25, 0.3) is 0 Å². The number of aromatic hydroxyl groups is 15. The number of carboxylic acids is 1. The van der Waals surface area contributed by atoms with Crippen LogP contribution in [0.2, 0.25) is 0 Å². The molecule has 10 rings (SSSR count). The van der Waals surface area contributed by atoms with Gasteiger partial charge in [-0.25, -0.2) is 24.0 Å². The van der Waals surface area contributed by atoms with Crippen LogP contribution in [0.1, 0.15) is 63.3 Å². The van der Waals surface area contributed by atoms with Crippen LogP contribution < -0.4 is 0 Å². The molecule has 27 heteroatoms. The molecule has 0 aromatic heterocycles. The van der Waals surface area contributed by atoms with E-state index >= 15 is 4.79 Å². The number of phenols is 15. The number of benzene rings is 5. The summed E-state index contributed by atoms with van der Waals surface area (Å²) in [6.45, 7) is -1.61. The maximum atomic E-state index is 15.1. The van der Waals surface area contributed by atoms with Gasteiger partial charge < -0.3 is 105 Å². The van der Waals surface area contributed by atoms with Crippen molar-refractivity contribution in [2.45, 2.75) is 30.3 Å². The Morgan fingerprint density at radius 2 is 0.783 bits per heavy atom. The number of fused-ring (bicyclic) bond motifs is 7. The van der Waals surface area contributed by atoms with E-state index in [9.17, 15) is 106 Å². The molecule has 16 N–H and O–H groups in total. The molecule has 0 spiro atoms. The standard InChI is InChI=1S/C42H26O27/c43-8-1-5-12-6(2-9(44)22(46)25(12)49)39(61)67-34-11(4-65-40(62)14(5)27(51)24(8)48)66-38(60)7-3-10(45)23(47)26(50)13(7)15-19-16(29(53)32(56)28(15)52)17-20-18(31(55)33(57)30(17)54)21(37(58)59)35(68-41(20)63)36(34)69-42(19)64/h1-3,11,21,34-36,43-57H,4H2,(H,58,59). The minimum atomic E-state index is -2.93. The Balaban J connectivity index is 1.46. The van der Waals surface area contributed by atoms with Crippen molar-refractivity contribution in [2.24, 2.45) is 0 Å². The number of hydrogen-bond donors (Lipinski definition) is 16. The third-order valence-corrected chi connectivity index (χ3v) is 11.8. The molecule has 0 radical (unpaired) electrons. The lowest BCUT2D eigenvalue weighted by Crippen LogP contribution is -2.57. The molecular weight excluding hydrogens is 936 g/mol. The van der Waals surface area contributed by atoms with E-state index in [-0.39, 0.29) is 6.07 Å². The Bertz CT molecular complexity index is 3300. The van der Waals surface area contributed by atoms with Crippen molar-refractivity contribution < 1.29 is 134 Å². The molecular formula is C42H26O27. The van der Waals surface area contributed by atoms with Crippen LogP contribution in [0.3, 0.4) is 0 Å². The minimum Gasteiger partial charge on any atom is -0.504 e. The monoisotopic (exact) mass is 962 g/mol. The highest BCUT2D eigenvalue weighted by Gasteiger charge is 2.57. The Morgan fingerprint density at radius 3 is 1.35 bits per heavy atom. The normalized spacial score (nSPS) is 20.2. The minimum absolute atomic E-state index is 0.287. The summed E-state index contributed by atoms with van der Waals surface area (Å²) in [5.41, 5.74) is -15.6. The molecule has 69 heavy (non-hydrogen) atoms. The fraction of sp³-hybridized carbons (Fsp3) is 0.143. The van der Waals surface area contributed by atoms with Gasteiger partial charge in [-0.05, 0) is 18.2 Å². The molecule has 5 heterocycles. The summed E-state index contributed by atoms with van der Waals surface area (Å²) in [6.07, 6.45) is -11.3. The first-order valence-corrected chi connectivity index (χ1v) is 19.1. The van der Waals surface area contributed by atoms with Gasteiger partial charge in [-0.2, -0.15) is 0 Å². The Kier molecular flexibility index (Phi) is 9.41. The quantitative estimate of drug-likeness (QED) is 0.0642. The average Bonchev–Trinajstić information content (AvgIpc) is 3.31. The first-order chi connectivity index (χ1) is 32.4. The molecule has 5 aromatic rings. The van der Waals surface area contributed by atoms with Crippen molar-refractivity contribution in [2.75, 3.05) is 6.61 Å². The summed E-state index contributed by atoms with van der Waals surface area (Å²) < 4.78 is 27.8. The second-order valence-electron chi connectivity index (χ2n) is 15.4. The topological polar surface area (TPSA) is 472 Å². The van der Waals surface area contributed by atoms with Crippen molar-refractivity contribution in [3.8, 4) is 120 Å². The summed E-state index contributed by atoms with van der Waals surface area (Å²) in [5.74, 6) is -38.1. The number of cyclic esters (lactones) is 1. The van der Waals surface area contributed by atoms with Gasteiger partial charge in [-0.3, -0.25) is 4.79 Å². The molecule has 27 nitrogen and oxygen atoms in total. The first-order valence-electron chi connectivity index (χ1n) is 19.1. The van der Waals surface area contributed by atoms with Gasteiger partial charge in [-0.1, -0.05) is 0 Å². The molecule has 0 saturated carbocycles. The fourth-order valence-electron chi connectivity index (χ4n) is 8.68. The smallest absolute Gasteiger partial charge is 0.342 e. The van der Waals surface area contributed by atoms with E-state index in [0.29, 0.717) is 12.1 Å². The van der Waals surface area contributed by atoms with Gasteiger partial charge in [0, 0.05) is 38.9 Å². The zero-order valence-electron chi connectivity index (χ0n) is 33.5. The molecule has 5 atom stereocenters. The highest BCUT2D eigenvalue weighted by atomic mass is 16.6. The molecule has 0 amide bonds. The number of hydrogen-bond acceptors (Lipinski definition) is 26. The van der Waals surface area contributed by atoms with Gasteiger partial charge in [0.1, 0.15) is 18.1 Å². The van der Waals surface area contributed by atoms with E-state index in [1.165, 1.54) is 0 Å². The molecule has 6 bridgehead atoms. The Hall–Kier alpha value is -10.1. The molecule has 5 aliphatic heterocycles. The van der Waals surface area contributed by atoms with Gasteiger partial charge in [0.05, 0.1) is 22.3 Å². The number of carboxylic acid groups (broad SMARTS) is 1. The maximum Gasteiger partial charge on any atom is 0.342 e. The number of aliphatic carboxylic acids is 1. The first kappa shape index (κ1) is 44.1. The summed E-state index contributed by atoms with van der Waals surface area (Å²) >= 11 is 0. The molecule has 5 aliphatic rings. The lowest BCUT2D eigenvalue weighted by Gasteiger charge is -2.41. The van der Waals surface area contributed by atoms with Crippen LogP contribution in [0.15, 0.2) is 18.2 Å². The molecule has 0 saturated heterocycles. The predicted molar refractivity (Wildman–Crippen MR) is 212 cm³/mol. The van der Waals surface area contributed by atoms with E-state index < -0.39 is 226 Å². The van der Waals surface area contributed by atoms with Crippen LogP contribution in [-0.4, -0.2) is 149 Å². The highest BCUT2D eigenvalue weighted by molar-refractivity contribution is 6.17. The van der Waals surface area contributed by atoms with Crippen LogP contribution in [-0.2, 0) is 28.5 Å². The van der Waals surface area contributed by atoms with E-state index in [4.69, 9.17) is 23.7 Å². The lowest BCUT2D eigenvalue weighted by molar-refractivity contribution is -0.156. The second-order valence-corrected chi connectivity index (χ2v) is 15.4. The summed E-state index contributed by atoms with van der Waals surface area (Å²) in [4.78, 5) is 86.3. The molecule has 0 fully saturated rings. The van der Waals surface area contributed by atoms with Gasteiger partial charge in [0.15, 0.2) is 81.9 Å². The lowest BCUT2D eigenvalue weighted by atomic mass is 9.77. The van der Waals surface area contributed by atoms with Crippen molar-refractivity contribution in [3.63, 3.8) is 0 Å². The van der Waals surface area contributed by atoms with Crippen LogP contribution in [0.4, 0.5) is 0 Å². The van der Waals surface area contributed by atoms with Crippen LogP contribution in [0, 0.1) is 0 Å². The number of rotatable bonds is 1. The van der Waals surface area contributed by atoms with E-state index in [2.05, 4.69) is 0 Å². The van der Waals surface area contributed by atoms with Crippen molar-refractivity contribution in [3.05, 3.63) is 51.6 Å². The number of ether oxygens (including phenoxy) is 5. The van der Waals surface area contributed by atoms with Crippen LogP contribution in [0.5, 0.6) is 86.2 Å². The third-order valence-electron chi connectivity index (χ3n) is 11.8. The Labute approximate surface area is 377 Å². The highest BCUT2D eigenvalue weighted by Crippen LogP contribution is 2.62. The number of carbonyl (C=O) groups excluding carboxylic acids is 5. The van der Waals surface area contributed by atoms with Crippen molar-refractivity contribution in [1.82, 2.24) is 0 Å². The van der Waals surface area contributed by atoms with Gasteiger partial charge in [-0.15, -0.1) is 0 Å². The fourth-order valence-corrected chi connectivity index (χ4v) is 8.68. The van der Waals surface area contributed by atoms with Crippen molar-refractivity contribution in [1.29, 1.82) is 0 Å². The van der Waals surface area contributed by atoms with Crippen molar-refractivity contribution >= 4 is 35.8 Å². The van der Waals surface area contributed by atoms with Crippen LogP contribution in [0.25, 0.3) is 33.4 Å². The summed E-state index contributed by atoms with van der Waals surface area (Å²) in [5, 5.41) is 176. The molecule has 0 aliphatic carbocycles. The second kappa shape index (κ2) is 14.7. The number of esters is 5. The molecule has 5 aromatic carbocycles. The van der Waals surface area contributed by atoms with E-state index in [1.807, 2.05) is 0 Å². The zero-order chi connectivity index (χ0) is 50.3. The summed E-state index contributed by atoms with van der Waals surface area (Å²) in [6, 6.07) is 1.05. The van der Waals surface area contributed by atoms with Crippen LogP contribution >= 0.6 is 0 Å². The molecule has 356 valence electrons. The van der Waals surface area contributed by atoms with E-state index in [0.717, 1.165) is 0 Å². The Morgan fingerprint density at radius 1 is 0.377 bits per heavy atom. The summed E-state index contributed by atoms with van der Waals surface area (Å²) in [7, 11) is 0. The number of phenolic OH excluding ortho intramolecular Hbond substituents is 15. The largest absolute Gasteiger partial charge is 0.504 e. The van der Waals surface area contributed by atoms with Gasteiger partial charge in [0.2, 0.25) is 28.7 Å². The number of carbonyl (C=O) groups is 6.